The van der Waals surface area contributed by atoms with Gasteiger partial charge in [0.1, 0.15) is 0 Å². The van der Waals surface area contributed by atoms with Crippen molar-refractivity contribution in [2.75, 3.05) is 0 Å². The van der Waals surface area contributed by atoms with E-state index in [2.05, 4.69) is 4.98 Å². The molecule has 1 heterocycles. The molecule has 0 bridgehead atoms. The summed E-state index contributed by atoms with van der Waals surface area (Å²) in [6.07, 6.45) is 1.69. The molecule has 0 saturated heterocycles. The van der Waals surface area contributed by atoms with Crippen molar-refractivity contribution >= 4 is 5.97 Å². The molecule has 0 radical (unpaired) electrons. The molecule has 1 aromatic heterocycles. The summed E-state index contributed by atoms with van der Waals surface area (Å²) in [5.74, 6) is -0.946. The van der Waals surface area contributed by atoms with Crippen LogP contribution in [0.15, 0.2) is 48.7 Å². The van der Waals surface area contributed by atoms with Crippen LogP contribution in [-0.4, -0.2) is 16.1 Å². The molecule has 1 unspecified atom stereocenters. The minimum atomic E-state index is -0.946. The number of hydrogen-bond acceptors (Lipinski definition) is 3. The zero-order chi connectivity index (χ0) is 13.2. The van der Waals surface area contributed by atoms with Gasteiger partial charge in [0.05, 0.1) is 16.8 Å². The minimum absolute atomic E-state index is 0.246. The zero-order valence-corrected chi connectivity index (χ0v) is 10.00. The SMILES string of the molecule is CC(N)(c1ccc(C(=O)O)cc1)c1ccccn1. The van der Waals surface area contributed by atoms with Crippen LogP contribution in [0.2, 0.25) is 0 Å². The number of carbonyl (C=O) groups is 1. The summed E-state index contributed by atoms with van der Waals surface area (Å²) in [6, 6.07) is 12.1. The van der Waals surface area contributed by atoms with Gasteiger partial charge < -0.3 is 10.8 Å². The van der Waals surface area contributed by atoms with E-state index >= 15 is 0 Å². The second-order valence-corrected chi connectivity index (χ2v) is 4.30. The number of aromatic nitrogens is 1. The van der Waals surface area contributed by atoms with Crippen LogP contribution in [0.5, 0.6) is 0 Å². The maximum Gasteiger partial charge on any atom is 0.335 e. The van der Waals surface area contributed by atoms with Gasteiger partial charge >= 0.3 is 5.97 Å². The topological polar surface area (TPSA) is 76.2 Å². The average Bonchev–Trinajstić information content (AvgIpc) is 2.40. The van der Waals surface area contributed by atoms with Gasteiger partial charge in [0, 0.05) is 6.20 Å². The first-order valence-corrected chi connectivity index (χ1v) is 5.56. The van der Waals surface area contributed by atoms with E-state index < -0.39 is 11.5 Å². The lowest BCUT2D eigenvalue weighted by Gasteiger charge is -2.24. The Morgan fingerprint density at radius 1 is 1.22 bits per heavy atom. The fourth-order valence-corrected chi connectivity index (χ4v) is 1.78. The Balaban J connectivity index is 2.39. The van der Waals surface area contributed by atoms with Gasteiger partial charge in [0.2, 0.25) is 0 Å². The molecule has 0 amide bonds. The predicted molar refractivity (Wildman–Crippen MR) is 68.3 cm³/mol. The fourth-order valence-electron chi connectivity index (χ4n) is 1.78. The van der Waals surface area contributed by atoms with Crippen LogP contribution in [0.3, 0.4) is 0 Å². The Bertz CT molecular complexity index is 548. The van der Waals surface area contributed by atoms with Gasteiger partial charge in [0.25, 0.3) is 0 Å². The molecule has 0 fully saturated rings. The summed E-state index contributed by atoms with van der Waals surface area (Å²) in [7, 11) is 0. The normalized spacial score (nSPS) is 13.9. The Morgan fingerprint density at radius 3 is 2.39 bits per heavy atom. The van der Waals surface area contributed by atoms with Crippen molar-refractivity contribution in [1.29, 1.82) is 0 Å². The van der Waals surface area contributed by atoms with Gasteiger partial charge in [-0.15, -0.1) is 0 Å². The van der Waals surface area contributed by atoms with Crippen LogP contribution < -0.4 is 5.73 Å². The van der Waals surface area contributed by atoms with Gasteiger partial charge in [0.15, 0.2) is 0 Å². The predicted octanol–water partition coefficient (Wildman–Crippen LogP) is 2.00. The van der Waals surface area contributed by atoms with Crippen LogP contribution in [0, 0.1) is 0 Å². The van der Waals surface area contributed by atoms with Gasteiger partial charge in [-0.25, -0.2) is 4.79 Å². The van der Waals surface area contributed by atoms with E-state index in [4.69, 9.17) is 10.8 Å². The number of aromatic carboxylic acids is 1. The second-order valence-electron chi connectivity index (χ2n) is 4.30. The first kappa shape index (κ1) is 12.3. The van der Waals surface area contributed by atoms with Crippen molar-refractivity contribution in [3.63, 3.8) is 0 Å². The number of pyridine rings is 1. The number of nitrogens with two attached hydrogens (primary N) is 1. The van der Waals surface area contributed by atoms with E-state index in [1.165, 1.54) is 0 Å². The molecule has 0 aliphatic carbocycles. The molecule has 4 nitrogen and oxygen atoms in total. The maximum atomic E-state index is 10.8. The van der Waals surface area contributed by atoms with Crippen LogP contribution in [0.4, 0.5) is 0 Å². The summed E-state index contributed by atoms with van der Waals surface area (Å²) in [4.78, 5) is 15.0. The molecule has 0 aliphatic rings. The van der Waals surface area contributed by atoms with Gasteiger partial charge in [-0.05, 0) is 36.8 Å². The summed E-state index contributed by atoms with van der Waals surface area (Å²) in [5.41, 5.74) is 7.35. The van der Waals surface area contributed by atoms with Crippen LogP contribution in [0.25, 0.3) is 0 Å². The van der Waals surface area contributed by atoms with Crippen molar-refractivity contribution < 1.29 is 9.90 Å². The molecule has 1 atom stereocenters. The molecule has 1 aromatic carbocycles. The quantitative estimate of drug-likeness (QED) is 0.863. The summed E-state index contributed by atoms with van der Waals surface area (Å²) >= 11 is 0. The Kier molecular flexibility index (Phi) is 3.12. The Morgan fingerprint density at radius 2 is 1.89 bits per heavy atom. The minimum Gasteiger partial charge on any atom is -0.478 e. The van der Waals surface area contributed by atoms with Crippen molar-refractivity contribution in [1.82, 2.24) is 4.98 Å². The monoisotopic (exact) mass is 242 g/mol. The Labute approximate surface area is 105 Å². The van der Waals surface area contributed by atoms with Crippen molar-refractivity contribution in [3.05, 3.63) is 65.5 Å². The van der Waals surface area contributed by atoms with Gasteiger partial charge in [-0.2, -0.15) is 0 Å². The highest BCUT2D eigenvalue weighted by molar-refractivity contribution is 5.87. The largest absolute Gasteiger partial charge is 0.478 e. The molecule has 92 valence electrons. The number of benzene rings is 1. The summed E-state index contributed by atoms with van der Waals surface area (Å²) in [5, 5.41) is 8.85. The molecular formula is C14H14N2O2. The molecule has 0 saturated carbocycles. The highest BCUT2D eigenvalue weighted by Crippen LogP contribution is 2.24. The van der Waals surface area contributed by atoms with E-state index in [9.17, 15) is 4.79 Å². The number of carboxylic acid groups (broad SMARTS) is 1. The smallest absolute Gasteiger partial charge is 0.335 e. The zero-order valence-electron chi connectivity index (χ0n) is 10.00. The molecular weight excluding hydrogens is 228 g/mol. The summed E-state index contributed by atoms with van der Waals surface area (Å²) < 4.78 is 0. The molecule has 18 heavy (non-hydrogen) atoms. The highest BCUT2D eigenvalue weighted by atomic mass is 16.4. The number of nitrogens with zero attached hydrogens (tertiary/aromatic N) is 1. The fraction of sp³-hybridized carbons (Fsp3) is 0.143. The van der Waals surface area contributed by atoms with Crippen molar-refractivity contribution in [2.45, 2.75) is 12.5 Å². The lowest BCUT2D eigenvalue weighted by atomic mass is 9.89. The molecule has 2 rings (SSSR count). The van der Waals surface area contributed by atoms with Gasteiger partial charge in [-0.3, -0.25) is 4.98 Å². The number of rotatable bonds is 3. The van der Waals surface area contributed by atoms with E-state index in [1.807, 2.05) is 25.1 Å². The highest BCUT2D eigenvalue weighted by Gasteiger charge is 2.25. The van der Waals surface area contributed by atoms with Crippen molar-refractivity contribution in [3.8, 4) is 0 Å². The average molecular weight is 242 g/mol. The van der Waals surface area contributed by atoms with Gasteiger partial charge in [-0.1, -0.05) is 18.2 Å². The molecule has 0 aliphatic heterocycles. The molecule has 3 N–H and O–H groups in total. The number of hydrogen-bond donors (Lipinski definition) is 2. The third kappa shape index (κ3) is 2.24. The third-order valence-electron chi connectivity index (χ3n) is 2.93. The Hall–Kier alpha value is -2.20. The third-order valence-corrected chi connectivity index (χ3v) is 2.93. The van der Waals surface area contributed by atoms with E-state index in [0.29, 0.717) is 0 Å². The number of carboxylic acids is 1. The van der Waals surface area contributed by atoms with E-state index in [-0.39, 0.29) is 5.56 Å². The van der Waals surface area contributed by atoms with Crippen LogP contribution in [0.1, 0.15) is 28.5 Å². The van der Waals surface area contributed by atoms with E-state index in [1.54, 1.807) is 30.5 Å². The maximum absolute atomic E-state index is 10.8. The van der Waals surface area contributed by atoms with Crippen molar-refractivity contribution in [2.24, 2.45) is 5.73 Å². The lowest BCUT2D eigenvalue weighted by molar-refractivity contribution is 0.0697. The molecule has 2 aromatic rings. The van der Waals surface area contributed by atoms with Crippen LogP contribution in [-0.2, 0) is 5.54 Å². The summed E-state index contributed by atoms with van der Waals surface area (Å²) in [6.45, 7) is 1.85. The standard InChI is InChI=1S/C14H14N2O2/c1-14(15,12-4-2-3-9-16-12)11-7-5-10(6-8-11)13(17)18/h2-9H,15H2,1H3,(H,17,18). The molecule has 0 spiro atoms. The first-order chi connectivity index (χ1) is 8.51. The lowest BCUT2D eigenvalue weighted by Crippen LogP contribution is -2.35. The second kappa shape index (κ2) is 4.58. The van der Waals surface area contributed by atoms with E-state index in [0.717, 1.165) is 11.3 Å². The van der Waals surface area contributed by atoms with Crippen LogP contribution >= 0.6 is 0 Å². The molecule has 4 heteroatoms. The first-order valence-electron chi connectivity index (χ1n) is 5.56.